The molecule has 0 saturated carbocycles. The average molecular weight is 247 g/mol. The van der Waals surface area contributed by atoms with Crippen LogP contribution in [0.25, 0.3) is 0 Å². The number of halogens is 3. The summed E-state index contributed by atoms with van der Waals surface area (Å²) < 4.78 is 44.7. The van der Waals surface area contributed by atoms with Gasteiger partial charge in [0.25, 0.3) is 0 Å². The normalized spacial score (nSPS) is 15.6. The van der Waals surface area contributed by atoms with Crippen molar-refractivity contribution < 1.29 is 17.9 Å². The van der Waals surface area contributed by atoms with Crippen molar-refractivity contribution in [3.05, 3.63) is 30.1 Å². The third kappa shape index (κ3) is 2.77. The van der Waals surface area contributed by atoms with Crippen molar-refractivity contribution in [2.75, 3.05) is 6.61 Å². The van der Waals surface area contributed by atoms with Gasteiger partial charge < -0.3 is 4.74 Å². The largest absolute Gasteiger partial charge is 0.423 e. The van der Waals surface area contributed by atoms with Crippen LogP contribution in [0, 0.1) is 0 Å². The third-order valence-corrected chi connectivity index (χ3v) is 2.59. The smallest absolute Gasteiger partial charge is 0.360 e. The van der Waals surface area contributed by atoms with Crippen LogP contribution in [0.15, 0.2) is 24.4 Å². The van der Waals surface area contributed by atoms with Gasteiger partial charge in [-0.2, -0.15) is 13.2 Å². The van der Waals surface area contributed by atoms with Crippen LogP contribution in [0.4, 0.5) is 13.2 Å². The standard InChI is InChI=1S/C12H16F3NO/c1-3-9-17-11(4-2,12(13,14)15)10-7-5-6-8-16-10/h5-8H,3-4,9H2,1-2H3. The van der Waals surface area contributed by atoms with E-state index in [0.717, 1.165) is 0 Å². The van der Waals surface area contributed by atoms with Gasteiger partial charge in [-0.3, -0.25) is 4.98 Å². The molecule has 1 rings (SSSR count). The lowest BCUT2D eigenvalue weighted by molar-refractivity contribution is -0.288. The van der Waals surface area contributed by atoms with Crippen LogP contribution in [0.3, 0.4) is 0 Å². The number of ether oxygens (including phenoxy) is 1. The maximum atomic E-state index is 13.2. The highest BCUT2D eigenvalue weighted by Crippen LogP contribution is 2.43. The molecule has 0 aliphatic carbocycles. The predicted octanol–water partition coefficient (Wildman–Crippen LogP) is 3.68. The zero-order valence-electron chi connectivity index (χ0n) is 9.92. The van der Waals surface area contributed by atoms with E-state index in [0.29, 0.717) is 6.42 Å². The molecule has 5 heteroatoms. The Morgan fingerprint density at radius 3 is 2.35 bits per heavy atom. The van der Waals surface area contributed by atoms with Crippen LogP contribution in [0.5, 0.6) is 0 Å². The number of hydrogen-bond donors (Lipinski definition) is 0. The molecule has 0 spiro atoms. The van der Waals surface area contributed by atoms with Gasteiger partial charge in [-0.05, 0) is 25.0 Å². The molecule has 0 amide bonds. The maximum absolute atomic E-state index is 13.2. The molecule has 0 fully saturated rings. The molecule has 2 nitrogen and oxygen atoms in total. The summed E-state index contributed by atoms with van der Waals surface area (Å²) in [5.41, 5.74) is -2.37. The van der Waals surface area contributed by atoms with Crippen LogP contribution in [0.2, 0.25) is 0 Å². The monoisotopic (exact) mass is 247 g/mol. The van der Waals surface area contributed by atoms with E-state index in [4.69, 9.17) is 4.74 Å². The first kappa shape index (κ1) is 14.0. The zero-order valence-corrected chi connectivity index (χ0v) is 9.92. The van der Waals surface area contributed by atoms with E-state index in [2.05, 4.69) is 4.98 Å². The summed E-state index contributed by atoms with van der Waals surface area (Å²) in [6.45, 7) is 3.29. The average Bonchev–Trinajstić information content (AvgIpc) is 2.30. The molecule has 0 bridgehead atoms. The summed E-state index contributed by atoms with van der Waals surface area (Å²) in [4.78, 5) is 3.80. The third-order valence-electron chi connectivity index (χ3n) is 2.59. The molecule has 1 aromatic rings. The van der Waals surface area contributed by atoms with Gasteiger partial charge in [0.1, 0.15) is 0 Å². The molecule has 0 aromatic carbocycles. The van der Waals surface area contributed by atoms with Gasteiger partial charge in [0.2, 0.25) is 5.60 Å². The lowest BCUT2D eigenvalue weighted by atomic mass is 9.94. The van der Waals surface area contributed by atoms with Crippen LogP contribution in [0.1, 0.15) is 32.4 Å². The van der Waals surface area contributed by atoms with Crippen molar-refractivity contribution in [1.82, 2.24) is 4.98 Å². The molecule has 1 atom stereocenters. The second kappa shape index (κ2) is 5.49. The highest BCUT2D eigenvalue weighted by atomic mass is 19.4. The Morgan fingerprint density at radius 1 is 1.24 bits per heavy atom. The molecule has 0 saturated heterocycles. The molecule has 0 aliphatic heterocycles. The molecule has 1 unspecified atom stereocenters. The van der Waals surface area contributed by atoms with Gasteiger partial charge in [0.15, 0.2) is 0 Å². The zero-order chi connectivity index (χ0) is 12.9. The SMILES string of the molecule is CCCOC(CC)(c1ccccn1)C(F)(F)F. The molecular formula is C12H16F3NO. The van der Waals surface area contributed by atoms with Crippen LogP contribution >= 0.6 is 0 Å². The van der Waals surface area contributed by atoms with Crippen molar-refractivity contribution in [2.24, 2.45) is 0 Å². The number of pyridine rings is 1. The number of hydrogen-bond acceptors (Lipinski definition) is 2. The van der Waals surface area contributed by atoms with E-state index in [1.807, 2.05) is 0 Å². The minimum atomic E-state index is -4.47. The Morgan fingerprint density at radius 2 is 1.94 bits per heavy atom. The lowest BCUT2D eigenvalue weighted by Crippen LogP contribution is -2.45. The summed E-state index contributed by atoms with van der Waals surface area (Å²) in [6, 6.07) is 4.47. The Bertz CT molecular complexity index is 339. The lowest BCUT2D eigenvalue weighted by Gasteiger charge is -2.34. The van der Waals surface area contributed by atoms with Crippen molar-refractivity contribution in [1.29, 1.82) is 0 Å². The first-order valence-corrected chi connectivity index (χ1v) is 5.60. The highest BCUT2D eigenvalue weighted by molar-refractivity contribution is 5.16. The summed E-state index contributed by atoms with van der Waals surface area (Å²) in [6.07, 6.45) is -2.77. The first-order valence-electron chi connectivity index (χ1n) is 5.60. The molecule has 17 heavy (non-hydrogen) atoms. The molecule has 96 valence electrons. The van der Waals surface area contributed by atoms with Crippen LogP contribution in [-0.4, -0.2) is 17.8 Å². The van der Waals surface area contributed by atoms with E-state index in [-0.39, 0.29) is 18.7 Å². The first-order chi connectivity index (χ1) is 7.98. The Labute approximate surface area is 98.8 Å². The second-order valence-corrected chi connectivity index (χ2v) is 3.74. The van der Waals surface area contributed by atoms with E-state index < -0.39 is 11.8 Å². The summed E-state index contributed by atoms with van der Waals surface area (Å²) in [5, 5.41) is 0. The maximum Gasteiger partial charge on any atom is 0.423 e. The molecule has 0 aliphatic rings. The molecule has 0 radical (unpaired) electrons. The van der Waals surface area contributed by atoms with Crippen LogP contribution in [-0.2, 0) is 10.3 Å². The van der Waals surface area contributed by atoms with Gasteiger partial charge in [-0.1, -0.05) is 19.9 Å². The minimum absolute atomic E-state index is 0.0594. The topological polar surface area (TPSA) is 22.1 Å². The summed E-state index contributed by atoms with van der Waals surface area (Å²) in [5.74, 6) is 0. The molecule has 1 heterocycles. The predicted molar refractivity (Wildman–Crippen MR) is 58.5 cm³/mol. The summed E-state index contributed by atoms with van der Waals surface area (Å²) in [7, 11) is 0. The van der Waals surface area contributed by atoms with Crippen molar-refractivity contribution in [2.45, 2.75) is 38.5 Å². The van der Waals surface area contributed by atoms with Crippen molar-refractivity contribution in [3.8, 4) is 0 Å². The number of alkyl halides is 3. The molecular weight excluding hydrogens is 231 g/mol. The summed E-state index contributed by atoms with van der Waals surface area (Å²) >= 11 is 0. The molecule has 1 aromatic heterocycles. The van der Waals surface area contributed by atoms with Gasteiger partial charge >= 0.3 is 6.18 Å². The minimum Gasteiger partial charge on any atom is -0.360 e. The van der Waals surface area contributed by atoms with Crippen molar-refractivity contribution >= 4 is 0 Å². The van der Waals surface area contributed by atoms with E-state index in [1.54, 1.807) is 13.0 Å². The van der Waals surface area contributed by atoms with Gasteiger partial charge in [-0.25, -0.2) is 0 Å². The fourth-order valence-electron chi connectivity index (χ4n) is 1.66. The van der Waals surface area contributed by atoms with Gasteiger partial charge in [0.05, 0.1) is 5.69 Å². The molecule has 0 N–H and O–H groups in total. The Kier molecular flexibility index (Phi) is 4.51. The Hall–Kier alpha value is -1.10. The van der Waals surface area contributed by atoms with Gasteiger partial charge in [0, 0.05) is 12.8 Å². The quantitative estimate of drug-likeness (QED) is 0.791. The van der Waals surface area contributed by atoms with Crippen molar-refractivity contribution in [3.63, 3.8) is 0 Å². The number of rotatable bonds is 5. The number of aromatic nitrogens is 1. The fourth-order valence-corrected chi connectivity index (χ4v) is 1.66. The van der Waals surface area contributed by atoms with Gasteiger partial charge in [-0.15, -0.1) is 0 Å². The fraction of sp³-hybridized carbons (Fsp3) is 0.583. The highest BCUT2D eigenvalue weighted by Gasteiger charge is 2.57. The Balaban J connectivity index is 3.17. The van der Waals surface area contributed by atoms with Crippen LogP contribution < -0.4 is 0 Å². The van der Waals surface area contributed by atoms with E-state index in [1.165, 1.54) is 25.3 Å². The second-order valence-electron chi connectivity index (χ2n) is 3.74. The van der Waals surface area contributed by atoms with E-state index >= 15 is 0 Å². The van der Waals surface area contributed by atoms with E-state index in [9.17, 15) is 13.2 Å². The number of nitrogens with zero attached hydrogens (tertiary/aromatic N) is 1.